The van der Waals surface area contributed by atoms with E-state index in [2.05, 4.69) is 85.0 Å². The number of anilines is 2. The van der Waals surface area contributed by atoms with Crippen LogP contribution >= 0.6 is 0 Å². The van der Waals surface area contributed by atoms with Gasteiger partial charge in [0.05, 0.1) is 0 Å². The van der Waals surface area contributed by atoms with E-state index in [1.807, 2.05) is 0 Å². The van der Waals surface area contributed by atoms with Crippen LogP contribution in [0.15, 0.2) is 24.3 Å². The minimum atomic E-state index is 0.102. The maximum atomic E-state index is 3.80. The number of benzene rings is 2. The standard InChI is InChI=1S/C23H31N/c1-14-15(2)19(22(3,4)5)20(23(6,7)8)21-17(14)13-16-11-9-10-12-18(16)24-21/h9-12,24H,13H2,1-8H3. The first kappa shape index (κ1) is 17.1. The molecule has 1 heteroatoms. The summed E-state index contributed by atoms with van der Waals surface area (Å²) in [6.07, 6.45) is 1.03. The van der Waals surface area contributed by atoms with E-state index in [0.29, 0.717) is 0 Å². The van der Waals surface area contributed by atoms with E-state index in [0.717, 1.165) is 6.42 Å². The van der Waals surface area contributed by atoms with Crippen LogP contribution in [-0.2, 0) is 17.3 Å². The molecule has 1 heterocycles. The molecule has 1 aliphatic rings. The molecule has 3 rings (SSSR count). The molecule has 0 saturated heterocycles. The van der Waals surface area contributed by atoms with Crippen LogP contribution in [0.4, 0.5) is 11.4 Å². The van der Waals surface area contributed by atoms with E-state index in [4.69, 9.17) is 0 Å². The molecule has 0 unspecified atom stereocenters. The van der Waals surface area contributed by atoms with Gasteiger partial charge in [-0.25, -0.2) is 0 Å². The maximum absolute atomic E-state index is 3.80. The van der Waals surface area contributed by atoms with Crippen molar-refractivity contribution in [2.24, 2.45) is 0 Å². The second-order valence-electron chi connectivity index (χ2n) is 9.31. The van der Waals surface area contributed by atoms with E-state index >= 15 is 0 Å². The highest BCUT2D eigenvalue weighted by Gasteiger charge is 2.34. The Hall–Kier alpha value is -1.76. The summed E-state index contributed by atoms with van der Waals surface area (Å²) in [5.74, 6) is 0. The molecular formula is C23H31N. The number of para-hydroxylation sites is 1. The summed E-state index contributed by atoms with van der Waals surface area (Å²) in [4.78, 5) is 0. The Bertz CT molecular complexity index is 798. The van der Waals surface area contributed by atoms with Gasteiger partial charge in [-0.3, -0.25) is 0 Å². The van der Waals surface area contributed by atoms with Crippen LogP contribution in [0, 0.1) is 13.8 Å². The Morgan fingerprint density at radius 1 is 0.792 bits per heavy atom. The van der Waals surface area contributed by atoms with Crippen LogP contribution in [0.25, 0.3) is 0 Å². The third-order valence-electron chi connectivity index (χ3n) is 5.34. The number of hydrogen-bond donors (Lipinski definition) is 1. The van der Waals surface area contributed by atoms with Gasteiger partial charge in [-0.2, -0.15) is 0 Å². The monoisotopic (exact) mass is 321 g/mol. The highest BCUT2D eigenvalue weighted by Crippen LogP contribution is 2.47. The lowest BCUT2D eigenvalue weighted by Gasteiger charge is -2.38. The van der Waals surface area contributed by atoms with Crippen molar-refractivity contribution in [2.45, 2.75) is 72.6 Å². The molecule has 0 fully saturated rings. The average molecular weight is 322 g/mol. The summed E-state index contributed by atoms with van der Waals surface area (Å²) >= 11 is 0. The first-order valence-corrected chi connectivity index (χ1v) is 9.03. The maximum Gasteiger partial charge on any atom is 0.0464 e. The van der Waals surface area contributed by atoms with Gasteiger partial charge in [0.25, 0.3) is 0 Å². The van der Waals surface area contributed by atoms with Crippen molar-refractivity contribution >= 4 is 11.4 Å². The number of hydrogen-bond acceptors (Lipinski definition) is 1. The second-order valence-corrected chi connectivity index (χ2v) is 9.31. The van der Waals surface area contributed by atoms with Gasteiger partial charge >= 0.3 is 0 Å². The Labute approximate surface area is 147 Å². The zero-order chi connectivity index (χ0) is 17.9. The Balaban J connectivity index is 2.38. The van der Waals surface area contributed by atoms with Gasteiger partial charge in [0.15, 0.2) is 0 Å². The predicted molar refractivity (Wildman–Crippen MR) is 106 cm³/mol. The molecule has 0 radical (unpaired) electrons. The van der Waals surface area contributed by atoms with Crippen molar-refractivity contribution in [2.75, 3.05) is 5.32 Å². The molecule has 0 bridgehead atoms. The SMILES string of the molecule is Cc1c(C)c(C(C)(C)C)c(C(C)(C)C)c2c1Cc1ccccc1N2. The van der Waals surface area contributed by atoms with Gasteiger partial charge in [-0.15, -0.1) is 0 Å². The van der Waals surface area contributed by atoms with Gasteiger partial charge in [0.1, 0.15) is 0 Å². The molecule has 0 saturated carbocycles. The highest BCUT2D eigenvalue weighted by molar-refractivity contribution is 5.79. The van der Waals surface area contributed by atoms with Crippen molar-refractivity contribution in [3.8, 4) is 0 Å². The van der Waals surface area contributed by atoms with Crippen LogP contribution in [0.3, 0.4) is 0 Å². The quantitative estimate of drug-likeness (QED) is 0.495. The molecule has 0 atom stereocenters. The van der Waals surface area contributed by atoms with Crippen LogP contribution in [-0.4, -0.2) is 0 Å². The van der Waals surface area contributed by atoms with Crippen molar-refractivity contribution in [1.29, 1.82) is 0 Å². The average Bonchev–Trinajstić information content (AvgIpc) is 2.46. The lowest BCUT2D eigenvalue weighted by molar-refractivity contribution is 0.527. The van der Waals surface area contributed by atoms with Gasteiger partial charge in [-0.05, 0) is 64.1 Å². The lowest BCUT2D eigenvalue weighted by Crippen LogP contribution is -2.27. The molecule has 2 aromatic rings. The summed E-state index contributed by atoms with van der Waals surface area (Å²) in [6, 6.07) is 8.71. The number of rotatable bonds is 0. The predicted octanol–water partition coefficient (Wildman–Crippen LogP) is 6.55. The molecular weight excluding hydrogens is 290 g/mol. The summed E-state index contributed by atoms with van der Waals surface area (Å²) < 4.78 is 0. The van der Waals surface area contributed by atoms with Gasteiger partial charge < -0.3 is 5.32 Å². The molecule has 2 aromatic carbocycles. The molecule has 1 N–H and O–H groups in total. The first-order valence-electron chi connectivity index (χ1n) is 9.03. The molecule has 0 aromatic heterocycles. The fraction of sp³-hybridized carbons (Fsp3) is 0.478. The molecule has 1 aliphatic heterocycles. The van der Waals surface area contributed by atoms with Gasteiger partial charge in [-0.1, -0.05) is 59.7 Å². The van der Waals surface area contributed by atoms with Crippen molar-refractivity contribution in [3.05, 3.63) is 57.6 Å². The number of nitrogens with one attached hydrogen (secondary N) is 1. The van der Waals surface area contributed by atoms with Gasteiger partial charge in [0.2, 0.25) is 0 Å². The van der Waals surface area contributed by atoms with E-state index in [1.165, 1.54) is 44.8 Å². The summed E-state index contributed by atoms with van der Waals surface area (Å²) in [5.41, 5.74) is 11.6. The van der Waals surface area contributed by atoms with Crippen molar-refractivity contribution in [3.63, 3.8) is 0 Å². The third-order valence-corrected chi connectivity index (χ3v) is 5.34. The Morgan fingerprint density at radius 3 is 1.96 bits per heavy atom. The zero-order valence-corrected chi connectivity index (χ0v) is 16.5. The summed E-state index contributed by atoms with van der Waals surface area (Å²) in [5, 5.41) is 3.80. The molecule has 0 aliphatic carbocycles. The third kappa shape index (κ3) is 2.64. The minimum absolute atomic E-state index is 0.102. The molecule has 128 valence electrons. The van der Waals surface area contributed by atoms with Crippen LogP contribution in [0.1, 0.15) is 74.9 Å². The largest absolute Gasteiger partial charge is 0.355 e. The first-order chi connectivity index (χ1) is 11.0. The van der Waals surface area contributed by atoms with Crippen LogP contribution in [0.5, 0.6) is 0 Å². The van der Waals surface area contributed by atoms with Crippen LogP contribution < -0.4 is 5.32 Å². The smallest absolute Gasteiger partial charge is 0.0464 e. The van der Waals surface area contributed by atoms with Gasteiger partial charge in [0, 0.05) is 17.8 Å². The number of fused-ring (bicyclic) bond motifs is 2. The summed E-state index contributed by atoms with van der Waals surface area (Å²) in [7, 11) is 0. The topological polar surface area (TPSA) is 12.0 Å². The van der Waals surface area contributed by atoms with E-state index in [1.54, 1.807) is 0 Å². The highest BCUT2D eigenvalue weighted by atomic mass is 14.9. The second kappa shape index (κ2) is 5.37. The van der Waals surface area contributed by atoms with Crippen LogP contribution in [0.2, 0.25) is 0 Å². The van der Waals surface area contributed by atoms with E-state index in [9.17, 15) is 0 Å². The molecule has 1 nitrogen and oxygen atoms in total. The zero-order valence-electron chi connectivity index (χ0n) is 16.5. The molecule has 24 heavy (non-hydrogen) atoms. The molecule has 0 spiro atoms. The van der Waals surface area contributed by atoms with E-state index in [-0.39, 0.29) is 10.8 Å². The minimum Gasteiger partial charge on any atom is -0.355 e. The van der Waals surface area contributed by atoms with Crippen molar-refractivity contribution in [1.82, 2.24) is 0 Å². The normalized spacial score (nSPS) is 14.0. The van der Waals surface area contributed by atoms with E-state index < -0.39 is 0 Å². The molecule has 0 amide bonds. The fourth-order valence-electron chi connectivity index (χ4n) is 4.23. The Kier molecular flexibility index (Phi) is 3.82. The lowest BCUT2D eigenvalue weighted by atomic mass is 9.69. The summed E-state index contributed by atoms with van der Waals surface area (Å²) in [6.45, 7) is 18.7. The Morgan fingerprint density at radius 2 is 1.38 bits per heavy atom. The van der Waals surface area contributed by atoms with Crippen molar-refractivity contribution < 1.29 is 0 Å². The fourth-order valence-corrected chi connectivity index (χ4v) is 4.23.